The zero-order chi connectivity index (χ0) is 32.8. The number of nitrogens with zero attached hydrogens (tertiary/aromatic N) is 7. The van der Waals surface area contributed by atoms with Crippen molar-refractivity contribution in [3.63, 3.8) is 0 Å². The van der Waals surface area contributed by atoms with E-state index in [1.165, 1.54) is 28.5 Å². The monoisotopic (exact) mass is 671 g/mol. The standard InChI is InChI=1S/C34H31ClFN7O3S/c1-40-19-41(18-20-12-14-23(46-2)15-13-20)30-28(32(40)44)31(39-34(38-30)47-3)42-16-6-11-26(42)29-37-25-10-5-9-24(35)27(25)33(45)43(29)22-8-4-7-21(36)17-22/h4-5,7-10,12-15,17,26H,6,11,16,18-19H2,1-3H3/t26-/m0/s1. The van der Waals surface area contributed by atoms with Crippen LogP contribution in [0.2, 0.25) is 5.02 Å². The third kappa shape index (κ3) is 5.55. The molecule has 7 rings (SSSR count). The molecular weight excluding hydrogens is 641 g/mol. The van der Waals surface area contributed by atoms with Crippen molar-refractivity contribution < 1.29 is 13.9 Å². The number of aromatic nitrogens is 4. The molecule has 0 aliphatic carbocycles. The summed E-state index contributed by atoms with van der Waals surface area (Å²) in [4.78, 5) is 48.6. The molecule has 2 aromatic heterocycles. The van der Waals surface area contributed by atoms with E-state index in [0.29, 0.717) is 65.6 Å². The Kier molecular flexibility index (Phi) is 8.23. The Morgan fingerprint density at radius 1 is 1.02 bits per heavy atom. The van der Waals surface area contributed by atoms with E-state index in [2.05, 4.69) is 4.90 Å². The topological polar surface area (TPSA) is 96.7 Å². The van der Waals surface area contributed by atoms with Crippen molar-refractivity contribution in [3.05, 3.63) is 105 Å². The SMILES string of the molecule is COc1ccc(CN2CN(C)C(=O)c3c2nc(SC)nc3N2CCC[C@H]2c2nc3cccc(Cl)c3c(=O)n2-c2cccc(F)c2)cc1. The van der Waals surface area contributed by atoms with Gasteiger partial charge >= 0.3 is 0 Å². The second-order valence-corrected chi connectivity index (χ2v) is 12.7. The summed E-state index contributed by atoms with van der Waals surface area (Å²) in [6.45, 7) is 1.41. The van der Waals surface area contributed by atoms with Gasteiger partial charge in [0, 0.05) is 20.1 Å². The molecule has 0 saturated carbocycles. The largest absolute Gasteiger partial charge is 0.497 e. The minimum absolute atomic E-state index is 0.194. The molecule has 10 nitrogen and oxygen atoms in total. The Morgan fingerprint density at radius 3 is 2.53 bits per heavy atom. The number of methoxy groups -OCH3 is 1. The molecule has 3 aromatic carbocycles. The Labute approximate surface area is 279 Å². The van der Waals surface area contributed by atoms with E-state index >= 15 is 0 Å². The van der Waals surface area contributed by atoms with Crippen LogP contribution in [0.5, 0.6) is 5.75 Å². The predicted octanol–water partition coefficient (Wildman–Crippen LogP) is 6.09. The van der Waals surface area contributed by atoms with E-state index in [1.54, 1.807) is 49.4 Å². The Balaban J connectivity index is 1.40. The van der Waals surface area contributed by atoms with Crippen molar-refractivity contribution in [1.82, 2.24) is 24.4 Å². The molecule has 0 N–H and O–H groups in total. The zero-order valence-corrected chi connectivity index (χ0v) is 27.6. The van der Waals surface area contributed by atoms with E-state index in [4.69, 9.17) is 31.3 Å². The van der Waals surface area contributed by atoms with Crippen molar-refractivity contribution in [2.24, 2.45) is 0 Å². The lowest BCUT2D eigenvalue weighted by atomic mass is 10.1. The summed E-state index contributed by atoms with van der Waals surface area (Å²) >= 11 is 7.90. The molecule has 0 unspecified atom stereocenters. The number of anilines is 2. The molecule has 2 aliphatic heterocycles. The lowest BCUT2D eigenvalue weighted by molar-refractivity contribution is 0.0780. The average molecular weight is 672 g/mol. The second kappa shape index (κ2) is 12.5. The highest BCUT2D eigenvalue weighted by Crippen LogP contribution is 2.42. The molecule has 0 bridgehead atoms. The number of halogens is 2. The third-order valence-corrected chi connectivity index (χ3v) is 9.43. The highest BCUT2D eigenvalue weighted by molar-refractivity contribution is 7.98. The Bertz CT molecular complexity index is 2080. The van der Waals surface area contributed by atoms with Gasteiger partial charge in [-0.3, -0.25) is 14.2 Å². The summed E-state index contributed by atoms with van der Waals surface area (Å²) in [5.41, 5.74) is 1.79. The van der Waals surface area contributed by atoms with Crippen LogP contribution in [0.4, 0.5) is 16.0 Å². The van der Waals surface area contributed by atoms with E-state index in [9.17, 15) is 14.0 Å². The van der Waals surface area contributed by atoms with E-state index < -0.39 is 17.4 Å². The normalized spacial score (nSPS) is 16.2. The fraction of sp³-hybridized carbons (Fsp3) is 0.265. The first-order valence-electron chi connectivity index (χ1n) is 15.1. The summed E-state index contributed by atoms with van der Waals surface area (Å²) in [6.07, 6.45) is 3.28. The molecular formula is C34H31ClFN7O3S. The van der Waals surface area contributed by atoms with Crippen molar-refractivity contribution in [3.8, 4) is 11.4 Å². The van der Waals surface area contributed by atoms with Crippen LogP contribution in [0.1, 0.15) is 40.6 Å². The van der Waals surface area contributed by atoms with Gasteiger partial charge in [0.25, 0.3) is 11.5 Å². The number of benzene rings is 3. The maximum atomic E-state index is 14.6. The van der Waals surface area contributed by atoms with Crippen LogP contribution in [0.15, 0.2) is 76.7 Å². The van der Waals surface area contributed by atoms with Gasteiger partial charge in [-0.15, -0.1) is 0 Å². The first-order valence-corrected chi connectivity index (χ1v) is 16.7. The van der Waals surface area contributed by atoms with Gasteiger partial charge in [0.05, 0.1) is 41.4 Å². The number of thioether (sulfide) groups is 1. The molecule has 1 fully saturated rings. The van der Waals surface area contributed by atoms with E-state index in [1.807, 2.05) is 35.4 Å². The first-order chi connectivity index (χ1) is 22.8. The minimum Gasteiger partial charge on any atom is -0.497 e. The number of amides is 1. The molecule has 5 aromatic rings. The molecule has 0 radical (unpaired) electrons. The quantitative estimate of drug-likeness (QED) is 0.150. The van der Waals surface area contributed by atoms with Crippen LogP contribution >= 0.6 is 23.4 Å². The predicted molar refractivity (Wildman–Crippen MR) is 182 cm³/mol. The Morgan fingerprint density at radius 2 is 1.79 bits per heavy atom. The van der Waals surface area contributed by atoms with Crippen LogP contribution < -0.4 is 20.1 Å². The van der Waals surface area contributed by atoms with E-state index in [-0.39, 0.29) is 16.3 Å². The lowest BCUT2D eigenvalue weighted by Gasteiger charge is -2.38. The number of carbonyl (C=O) groups excluding carboxylic acids is 1. The molecule has 2 aliphatic rings. The van der Waals surface area contributed by atoms with Crippen LogP contribution in [-0.4, -0.2) is 64.0 Å². The highest BCUT2D eigenvalue weighted by atomic mass is 35.5. The summed E-state index contributed by atoms with van der Waals surface area (Å²) in [5.74, 6) is 1.52. The van der Waals surface area contributed by atoms with Gasteiger partial charge in [-0.2, -0.15) is 0 Å². The lowest BCUT2D eigenvalue weighted by Crippen LogP contribution is -2.46. The van der Waals surface area contributed by atoms with Gasteiger partial charge in [-0.05, 0) is 67.1 Å². The van der Waals surface area contributed by atoms with Crippen molar-refractivity contribution in [2.75, 3.05) is 43.4 Å². The molecule has 13 heteroatoms. The summed E-state index contributed by atoms with van der Waals surface area (Å²) < 4.78 is 21.3. The fourth-order valence-electron chi connectivity index (χ4n) is 6.38. The first kappa shape index (κ1) is 30.9. The molecule has 1 saturated heterocycles. The van der Waals surface area contributed by atoms with Gasteiger partial charge in [-0.25, -0.2) is 19.3 Å². The van der Waals surface area contributed by atoms with Crippen LogP contribution in [-0.2, 0) is 6.54 Å². The summed E-state index contributed by atoms with van der Waals surface area (Å²) in [5, 5.41) is 1.03. The second-order valence-electron chi connectivity index (χ2n) is 11.5. The van der Waals surface area contributed by atoms with E-state index in [0.717, 1.165) is 17.7 Å². The maximum absolute atomic E-state index is 14.6. The van der Waals surface area contributed by atoms with Gasteiger partial charge in [0.15, 0.2) is 5.16 Å². The number of hydrogen-bond acceptors (Lipinski definition) is 9. The molecule has 1 amide bonds. The molecule has 47 heavy (non-hydrogen) atoms. The number of carbonyl (C=O) groups is 1. The van der Waals surface area contributed by atoms with Gasteiger partial charge in [0.1, 0.15) is 34.6 Å². The molecule has 240 valence electrons. The summed E-state index contributed by atoms with van der Waals surface area (Å²) in [7, 11) is 3.39. The van der Waals surface area contributed by atoms with Crippen molar-refractivity contribution in [1.29, 1.82) is 0 Å². The Hall–Kier alpha value is -4.68. The van der Waals surface area contributed by atoms with Crippen LogP contribution in [0.25, 0.3) is 16.6 Å². The average Bonchev–Trinajstić information content (AvgIpc) is 3.56. The molecule has 4 heterocycles. The van der Waals surface area contributed by atoms with Gasteiger partial charge < -0.3 is 19.4 Å². The zero-order valence-electron chi connectivity index (χ0n) is 26.0. The third-order valence-electron chi connectivity index (χ3n) is 8.57. The van der Waals surface area contributed by atoms with Crippen molar-refractivity contribution >= 4 is 51.8 Å². The fourth-order valence-corrected chi connectivity index (χ4v) is 6.98. The molecule has 0 spiro atoms. The summed E-state index contributed by atoms with van der Waals surface area (Å²) in [6, 6.07) is 18.3. The number of rotatable bonds is 7. The molecule has 1 atom stereocenters. The smallest absolute Gasteiger partial charge is 0.267 e. The number of hydrogen-bond donors (Lipinski definition) is 0. The maximum Gasteiger partial charge on any atom is 0.267 e. The number of ether oxygens (including phenoxy) is 1. The van der Waals surface area contributed by atoms with Gasteiger partial charge in [0.2, 0.25) is 0 Å². The minimum atomic E-state index is -0.483. The van der Waals surface area contributed by atoms with Crippen molar-refractivity contribution in [2.45, 2.75) is 30.6 Å². The van der Waals surface area contributed by atoms with Gasteiger partial charge in [-0.1, -0.05) is 47.6 Å². The van der Waals surface area contributed by atoms with Crippen LogP contribution in [0.3, 0.4) is 0 Å². The highest BCUT2D eigenvalue weighted by Gasteiger charge is 2.39. The number of fused-ring (bicyclic) bond motifs is 2. The van der Waals surface area contributed by atoms with Crippen LogP contribution in [0, 0.1) is 5.82 Å².